The zero-order valence-electron chi connectivity index (χ0n) is 11.6. The fourth-order valence-corrected chi connectivity index (χ4v) is 2.38. The summed E-state index contributed by atoms with van der Waals surface area (Å²) in [7, 11) is 0. The number of rotatable bonds is 4. The molecule has 1 aromatic carbocycles. The number of nitrogens with zero attached hydrogens (tertiary/aromatic N) is 3. The Kier molecular flexibility index (Phi) is 5.20. The predicted molar refractivity (Wildman–Crippen MR) is 82.7 cm³/mol. The highest BCUT2D eigenvalue weighted by Crippen LogP contribution is 2.25. The van der Waals surface area contributed by atoms with Crippen molar-refractivity contribution in [3.05, 3.63) is 24.0 Å². The van der Waals surface area contributed by atoms with Crippen LogP contribution in [-0.4, -0.2) is 49.3 Å². The molecule has 0 saturated carbocycles. The molecule has 1 aromatic rings. The third-order valence-corrected chi connectivity index (χ3v) is 3.77. The number of nitrogens with two attached hydrogens (primary N) is 1. The molecule has 0 aliphatic carbocycles. The van der Waals surface area contributed by atoms with Crippen LogP contribution in [0.4, 0.5) is 15.8 Å². The van der Waals surface area contributed by atoms with Crippen LogP contribution in [0, 0.1) is 5.82 Å². The quantitative estimate of drug-likeness (QED) is 0.526. The number of hydrogen-bond acceptors (Lipinski definition) is 3. The van der Waals surface area contributed by atoms with Crippen molar-refractivity contribution in [3.8, 4) is 0 Å². The lowest BCUT2D eigenvalue weighted by molar-refractivity contribution is 0.270. The van der Waals surface area contributed by atoms with Gasteiger partial charge in [0.1, 0.15) is 11.7 Å². The van der Waals surface area contributed by atoms with Crippen LogP contribution >= 0.6 is 11.6 Å². The first kappa shape index (κ1) is 15.1. The molecule has 1 saturated heterocycles. The first-order valence-corrected chi connectivity index (χ1v) is 7.33. The molecular weight excluding hydrogens is 279 g/mol. The minimum Gasteiger partial charge on any atom is -0.386 e. The lowest BCUT2D eigenvalue weighted by Gasteiger charge is -2.35. The van der Waals surface area contributed by atoms with Crippen LogP contribution in [-0.2, 0) is 0 Å². The Morgan fingerprint density at radius 3 is 2.60 bits per heavy atom. The minimum absolute atomic E-state index is 0.141. The van der Waals surface area contributed by atoms with E-state index in [0.717, 1.165) is 32.7 Å². The van der Waals surface area contributed by atoms with Gasteiger partial charge in [-0.2, -0.15) is 0 Å². The van der Waals surface area contributed by atoms with Gasteiger partial charge in [0.2, 0.25) is 0 Å². The molecule has 20 heavy (non-hydrogen) atoms. The average Bonchev–Trinajstić information content (AvgIpc) is 2.47. The van der Waals surface area contributed by atoms with Crippen LogP contribution in [0.5, 0.6) is 0 Å². The third-order valence-electron chi connectivity index (χ3n) is 3.50. The van der Waals surface area contributed by atoms with Crippen LogP contribution in [0.15, 0.2) is 23.2 Å². The second kappa shape index (κ2) is 6.90. The molecule has 1 fully saturated rings. The molecule has 2 N–H and O–H groups in total. The maximum absolute atomic E-state index is 14.2. The maximum atomic E-state index is 14.2. The van der Waals surface area contributed by atoms with Gasteiger partial charge < -0.3 is 15.5 Å². The van der Waals surface area contributed by atoms with E-state index in [1.54, 1.807) is 12.1 Å². The summed E-state index contributed by atoms with van der Waals surface area (Å²) in [4.78, 5) is 8.47. The Morgan fingerprint density at radius 2 is 2.05 bits per heavy atom. The van der Waals surface area contributed by atoms with Crippen molar-refractivity contribution < 1.29 is 4.39 Å². The van der Waals surface area contributed by atoms with E-state index in [9.17, 15) is 4.39 Å². The van der Waals surface area contributed by atoms with E-state index in [1.807, 2.05) is 0 Å². The van der Waals surface area contributed by atoms with Crippen molar-refractivity contribution in [1.82, 2.24) is 4.90 Å². The minimum atomic E-state index is -0.265. The van der Waals surface area contributed by atoms with Gasteiger partial charge in [0, 0.05) is 32.2 Å². The van der Waals surface area contributed by atoms with Gasteiger partial charge in [-0.25, -0.2) is 9.38 Å². The second-order valence-electron chi connectivity index (χ2n) is 4.79. The molecule has 1 aliphatic rings. The van der Waals surface area contributed by atoms with Crippen molar-refractivity contribution in [3.63, 3.8) is 0 Å². The van der Waals surface area contributed by atoms with Crippen molar-refractivity contribution in [2.45, 2.75) is 6.92 Å². The largest absolute Gasteiger partial charge is 0.386 e. The van der Waals surface area contributed by atoms with Crippen molar-refractivity contribution >= 4 is 28.8 Å². The predicted octanol–water partition coefficient (Wildman–Crippen LogP) is 2.20. The number of aliphatic imine (C=N–C) groups is 1. The number of benzene rings is 1. The van der Waals surface area contributed by atoms with Gasteiger partial charge in [-0.15, -0.1) is 11.6 Å². The van der Waals surface area contributed by atoms with Crippen LogP contribution in [0.25, 0.3) is 0 Å². The second-order valence-corrected chi connectivity index (χ2v) is 5.06. The Bertz CT molecular complexity index is 484. The molecule has 0 bridgehead atoms. The van der Waals surface area contributed by atoms with E-state index in [2.05, 4.69) is 21.7 Å². The summed E-state index contributed by atoms with van der Waals surface area (Å²) < 4.78 is 14.2. The smallest absolute Gasteiger partial charge is 0.148 e. The summed E-state index contributed by atoms with van der Waals surface area (Å²) in [6.45, 7) is 6.81. The summed E-state index contributed by atoms with van der Waals surface area (Å²) in [6, 6.07) is 4.93. The lowest BCUT2D eigenvalue weighted by Crippen LogP contribution is -2.46. The number of anilines is 1. The highest BCUT2D eigenvalue weighted by atomic mass is 35.5. The summed E-state index contributed by atoms with van der Waals surface area (Å²) in [5.41, 5.74) is 6.67. The number of likely N-dealkylation sites (N-methyl/N-ethyl adjacent to an activating group) is 1. The summed E-state index contributed by atoms with van der Waals surface area (Å²) in [6.07, 6.45) is 0. The Balaban J connectivity index is 2.10. The van der Waals surface area contributed by atoms with E-state index in [4.69, 9.17) is 17.3 Å². The number of halogens is 2. The van der Waals surface area contributed by atoms with Crippen LogP contribution in [0.1, 0.15) is 6.92 Å². The SMILES string of the molecule is CCN1CCN(c2ccc(N=C(N)CCl)cc2F)CC1. The molecule has 0 aromatic heterocycles. The van der Waals surface area contributed by atoms with Gasteiger partial charge in [0.05, 0.1) is 17.3 Å². The Morgan fingerprint density at radius 1 is 1.35 bits per heavy atom. The lowest BCUT2D eigenvalue weighted by atomic mass is 10.2. The fraction of sp³-hybridized carbons (Fsp3) is 0.500. The standard InChI is InChI=1S/C14H20ClFN4/c1-2-19-5-7-20(8-6-19)13-4-3-11(9-12(13)16)18-14(17)10-15/h3-4,9H,2,5-8,10H2,1H3,(H2,17,18). The zero-order chi connectivity index (χ0) is 14.5. The number of piperazine rings is 1. The van der Waals surface area contributed by atoms with Gasteiger partial charge in [-0.1, -0.05) is 6.92 Å². The molecule has 0 atom stereocenters. The first-order valence-electron chi connectivity index (χ1n) is 6.80. The molecule has 110 valence electrons. The molecule has 4 nitrogen and oxygen atoms in total. The molecule has 6 heteroatoms. The molecule has 2 rings (SSSR count). The zero-order valence-corrected chi connectivity index (χ0v) is 12.4. The molecular formula is C14H20ClFN4. The molecule has 0 unspecified atom stereocenters. The van der Waals surface area contributed by atoms with E-state index < -0.39 is 0 Å². The summed E-state index contributed by atoms with van der Waals surface area (Å²) in [5, 5.41) is 0. The normalized spacial score (nSPS) is 17.6. The van der Waals surface area contributed by atoms with Crippen molar-refractivity contribution in [2.75, 3.05) is 43.5 Å². The molecule has 0 spiro atoms. The first-order chi connectivity index (χ1) is 9.63. The molecule has 0 radical (unpaired) electrons. The van der Waals surface area contributed by atoms with Gasteiger partial charge in [0.25, 0.3) is 0 Å². The van der Waals surface area contributed by atoms with Gasteiger partial charge >= 0.3 is 0 Å². The van der Waals surface area contributed by atoms with Crippen molar-refractivity contribution in [1.29, 1.82) is 0 Å². The molecule has 1 heterocycles. The van der Waals surface area contributed by atoms with Gasteiger partial charge in [-0.05, 0) is 18.7 Å². The monoisotopic (exact) mass is 298 g/mol. The summed E-state index contributed by atoms with van der Waals surface area (Å²) >= 11 is 5.56. The Labute approximate surface area is 124 Å². The van der Waals surface area contributed by atoms with E-state index in [0.29, 0.717) is 11.4 Å². The summed E-state index contributed by atoms with van der Waals surface area (Å²) in [5.74, 6) is 0.163. The Hall–Kier alpha value is -1.33. The number of hydrogen-bond donors (Lipinski definition) is 1. The highest BCUT2D eigenvalue weighted by Gasteiger charge is 2.18. The van der Waals surface area contributed by atoms with E-state index in [-0.39, 0.29) is 17.5 Å². The highest BCUT2D eigenvalue weighted by molar-refractivity contribution is 6.28. The van der Waals surface area contributed by atoms with Gasteiger partial charge in [-0.3, -0.25) is 0 Å². The van der Waals surface area contributed by atoms with E-state index >= 15 is 0 Å². The van der Waals surface area contributed by atoms with Gasteiger partial charge in [0.15, 0.2) is 0 Å². The van der Waals surface area contributed by atoms with Crippen molar-refractivity contribution in [2.24, 2.45) is 10.7 Å². The topological polar surface area (TPSA) is 44.9 Å². The molecule has 1 aliphatic heterocycles. The third kappa shape index (κ3) is 3.61. The fourth-order valence-electron chi connectivity index (χ4n) is 2.32. The maximum Gasteiger partial charge on any atom is 0.148 e. The number of alkyl halides is 1. The average molecular weight is 299 g/mol. The van der Waals surface area contributed by atoms with E-state index in [1.165, 1.54) is 6.07 Å². The van der Waals surface area contributed by atoms with Crippen LogP contribution in [0.2, 0.25) is 0 Å². The van der Waals surface area contributed by atoms with Crippen LogP contribution < -0.4 is 10.6 Å². The number of amidine groups is 1. The molecule has 0 amide bonds. The van der Waals surface area contributed by atoms with Crippen LogP contribution in [0.3, 0.4) is 0 Å².